The maximum atomic E-state index is 12.9. The molecule has 1 unspecified atom stereocenters. The molecule has 0 radical (unpaired) electrons. The number of carbonyl (C=O) groups excluding carboxylic acids is 4. The monoisotopic (exact) mass is 367 g/mol. The minimum Gasteiger partial charge on any atom is -0.444 e. The van der Waals surface area contributed by atoms with E-state index in [0.29, 0.717) is 25.0 Å². The molecule has 26 heavy (non-hydrogen) atoms. The summed E-state index contributed by atoms with van der Waals surface area (Å²) < 4.78 is 5.19. The van der Waals surface area contributed by atoms with Gasteiger partial charge in [0.05, 0.1) is 0 Å². The van der Waals surface area contributed by atoms with Crippen LogP contribution in [0.5, 0.6) is 0 Å². The van der Waals surface area contributed by atoms with Gasteiger partial charge in [-0.2, -0.15) is 0 Å². The molecule has 1 aliphatic heterocycles. The number of carbonyl (C=O) groups is 4. The van der Waals surface area contributed by atoms with Gasteiger partial charge in [0.15, 0.2) is 5.78 Å². The van der Waals surface area contributed by atoms with E-state index >= 15 is 0 Å². The molecule has 3 N–H and O–H groups in total. The van der Waals surface area contributed by atoms with Crippen LogP contribution in [0.25, 0.3) is 0 Å². The van der Waals surface area contributed by atoms with Crippen LogP contribution in [0.4, 0.5) is 4.79 Å². The second-order valence-corrected chi connectivity index (χ2v) is 7.53. The van der Waals surface area contributed by atoms with Gasteiger partial charge in [0, 0.05) is 13.0 Å². The van der Waals surface area contributed by atoms with E-state index in [1.165, 1.54) is 4.90 Å². The molecule has 0 aromatic heterocycles. The second-order valence-electron chi connectivity index (χ2n) is 7.53. The number of hydrogen-bond acceptors (Lipinski definition) is 5. The van der Waals surface area contributed by atoms with Crippen LogP contribution in [0.2, 0.25) is 0 Å². The van der Waals surface area contributed by atoms with Crippen LogP contribution in [-0.2, 0) is 19.1 Å². The van der Waals surface area contributed by atoms with Crippen molar-refractivity contribution in [1.29, 1.82) is 0 Å². The van der Waals surface area contributed by atoms with Crippen molar-refractivity contribution in [2.45, 2.75) is 71.1 Å². The summed E-state index contributed by atoms with van der Waals surface area (Å²) in [5.41, 5.74) is 5.01. The van der Waals surface area contributed by atoms with Crippen molar-refractivity contribution in [2.24, 2.45) is 5.73 Å². The van der Waals surface area contributed by atoms with Gasteiger partial charge in [0.2, 0.25) is 11.8 Å². The Morgan fingerprint density at radius 1 is 1.31 bits per heavy atom. The number of nitrogens with one attached hydrogen (secondary N) is 1. The number of primary amides is 1. The maximum absolute atomic E-state index is 12.9. The number of Topliss-reactive ketones (excluding diaryl/α,β-unsaturated/α-hetero) is 1. The first kappa shape index (κ1) is 21.7. The molecule has 2 atom stereocenters. The topological polar surface area (TPSA) is 119 Å². The molecule has 1 aliphatic rings. The van der Waals surface area contributed by atoms with Crippen LogP contribution >= 0.6 is 0 Å². The van der Waals surface area contributed by atoms with Gasteiger partial charge < -0.3 is 20.7 Å². The molecule has 1 fully saturated rings. The molecule has 0 spiro atoms. The van der Waals surface area contributed by atoms with E-state index in [1.54, 1.807) is 27.7 Å². The molecule has 0 saturated carbocycles. The summed E-state index contributed by atoms with van der Waals surface area (Å²) >= 11 is 0. The number of ether oxygens (including phenoxy) is 1. The largest absolute Gasteiger partial charge is 0.444 e. The summed E-state index contributed by atoms with van der Waals surface area (Å²) in [5, 5.41) is 2.52. The van der Waals surface area contributed by atoms with E-state index in [-0.39, 0.29) is 18.6 Å². The van der Waals surface area contributed by atoms with Crippen LogP contribution in [0.1, 0.15) is 53.4 Å². The van der Waals surface area contributed by atoms with E-state index in [1.807, 2.05) is 0 Å². The van der Waals surface area contributed by atoms with Crippen molar-refractivity contribution >= 4 is 23.7 Å². The fourth-order valence-corrected chi connectivity index (χ4v) is 2.72. The third-order valence-electron chi connectivity index (χ3n) is 3.99. The number of hydrogen-bond donors (Lipinski definition) is 2. The number of nitrogens with two attached hydrogens (primary N) is 1. The smallest absolute Gasteiger partial charge is 0.408 e. The number of likely N-dealkylation sites (tertiary alicyclic amines) is 1. The molecule has 8 nitrogen and oxygen atoms in total. The first-order valence-electron chi connectivity index (χ1n) is 8.70. The Balaban J connectivity index is 2.89. The molecule has 8 heteroatoms. The van der Waals surface area contributed by atoms with Gasteiger partial charge in [-0.05, 0) is 52.5 Å². The van der Waals surface area contributed by atoms with E-state index < -0.39 is 35.6 Å². The SMILES string of the molecule is C=C(C)C(=O)CC[C@H](NC(=O)OC(C)(C)C)C(=O)N1CCCC1C(N)=O. The average Bonchev–Trinajstić information content (AvgIpc) is 2.98. The Bertz CT molecular complexity index is 594. The predicted molar refractivity (Wildman–Crippen MR) is 96.1 cm³/mol. The molecular weight excluding hydrogens is 338 g/mol. The first-order valence-corrected chi connectivity index (χ1v) is 8.70. The van der Waals surface area contributed by atoms with Crippen LogP contribution < -0.4 is 11.1 Å². The van der Waals surface area contributed by atoms with E-state index in [0.717, 1.165) is 0 Å². The van der Waals surface area contributed by atoms with Gasteiger partial charge in [0.25, 0.3) is 0 Å². The Kier molecular flexibility index (Phi) is 7.35. The van der Waals surface area contributed by atoms with Crippen molar-refractivity contribution in [3.63, 3.8) is 0 Å². The third-order valence-corrected chi connectivity index (χ3v) is 3.99. The van der Waals surface area contributed by atoms with Crippen LogP contribution in [-0.4, -0.2) is 52.8 Å². The zero-order chi connectivity index (χ0) is 20.1. The highest BCUT2D eigenvalue weighted by molar-refractivity contribution is 5.95. The van der Waals surface area contributed by atoms with Gasteiger partial charge >= 0.3 is 6.09 Å². The summed E-state index contributed by atoms with van der Waals surface area (Å²) in [4.78, 5) is 49.7. The average molecular weight is 367 g/mol. The minimum absolute atomic E-state index is 0.0522. The molecule has 0 aliphatic carbocycles. The Labute approximate surface area is 154 Å². The zero-order valence-electron chi connectivity index (χ0n) is 16.0. The molecule has 0 aromatic rings. The maximum Gasteiger partial charge on any atom is 0.408 e. The summed E-state index contributed by atoms with van der Waals surface area (Å²) in [5.74, 6) is -1.21. The molecular formula is C18H29N3O5. The second kappa shape index (κ2) is 8.82. The van der Waals surface area contributed by atoms with Crippen molar-refractivity contribution in [3.8, 4) is 0 Å². The summed E-state index contributed by atoms with van der Waals surface area (Å²) in [6, 6.07) is -1.67. The molecule has 1 rings (SSSR count). The number of nitrogens with zero attached hydrogens (tertiary/aromatic N) is 1. The number of amides is 3. The lowest BCUT2D eigenvalue weighted by Gasteiger charge is -2.28. The number of rotatable bonds is 7. The summed E-state index contributed by atoms with van der Waals surface area (Å²) in [6.45, 7) is 10.7. The molecule has 146 valence electrons. The lowest BCUT2D eigenvalue weighted by atomic mass is 10.0. The third kappa shape index (κ3) is 6.50. The molecule has 3 amide bonds. The van der Waals surface area contributed by atoms with E-state index in [4.69, 9.17) is 10.5 Å². The van der Waals surface area contributed by atoms with Gasteiger partial charge in [-0.25, -0.2) is 4.79 Å². The Morgan fingerprint density at radius 3 is 2.42 bits per heavy atom. The van der Waals surface area contributed by atoms with Crippen molar-refractivity contribution < 1.29 is 23.9 Å². The lowest BCUT2D eigenvalue weighted by Crippen LogP contribution is -2.53. The van der Waals surface area contributed by atoms with Crippen molar-refractivity contribution in [3.05, 3.63) is 12.2 Å². The number of ketones is 1. The number of allylic oxidation sites excluding steroid dienone is 1. The highest BCUT2D eigenvalue weighted by Gasteiger charge is 2.37. The van der Waals surface area contributed by atoms with Gasteiger partial charge in [-0.3, -0.25) is 14.4 Å². The molecule has 1 saturated heterocycles. The predicted octanol–water partition coefficient (Wildman–Crippen LogP) is 1.28. The Hall–Kier alpha value is -2.38. The molecule has 0 aromatic carbocycles. The van der Waals surface area contributed by atoms with Crippen molar-refractivity contribution in [2.75, 3.05) is 6.54 Å². The zero-order valence-corrected chi connectivity index (χ0v) is 16.0. The van der Waals surface area contributed by atoms with Crippen LogP contribution in [0.3, 0.4) is 0 Å². The minimum atomic E-state index is -0.979. The fraction of sp³-hybridized carbons (Fsp3) is 0.667. The lowest BCUT2D eigenvalue weighted by molar-refractivity contribution is -0.139. The standard InChI is InChI=1S/C18H29N3O5/c1-11(2)14(22)9-8-12(20-17(25)26-18(3,4)5)16(24)21-10-6-7-13(21)15(19)23/h12-13H,1,6-10H2,2-5H3,(H2,19,23)(H,20,25)/t12-,13?/m0/s1. The van der Waals surface area contributed by atoms with Crippen LogP contribution in [0.15, 0.2) is 12.2 Å². The van der Waals surface area contributed by atoms with Gasteiger partial charge in [-0.1, -0.05) is 6.58 Å². The van der Waals surface area contributed by atoms with E-state index in [9.17, 15) is 19.2 Å². The summed E-state index contributed by atoms with van der Waals surface area (Å²) in [6.07, 6.45) is 0.532. The first-order chi connectivity index (χ1) is 11.9. The normalized spacial score (nSPS) is 18.2. The highest BCUT2D eigenvalue weighted by atomic mass is 16.6. The molecule has 1 heterocycles. The quantitative estimate of drug-likeness (QED) is 0.657. The fourth-order valence-electron chi connectivity index (χ4n) is 2.72. The number of alkyl carbamates (subject to hydrolysis) is 1. The highest BCUT2D eigenvalue weighted by Crippen LogP contribution is 2.20. The van der Waals surface area contributed by atoms with Gasteiger partial charge in [-0.15, -0.1) is 0 Å². The summed E-state index contributed by atoms with van der Waals surface area (Å²) in [7, 11) is 0. The van der Waals surface area contributed by atoms with Crippen molar-refractivity contribution in [1.82, 2.24) is 10.2 Å². The van der Waals surface area contributed by atoms with Gasteiger partial charge in [0.1, 0.15) is 17.7 Å². The Morgan fingerprint density at radius 2 is 1.92 bits per heavy atom. The van der Waals surface area contributed by atoms with Crippen LogP contribution in [0, 0.1) is 0 Å². The van der Waals surface area contributed by atoms with E-state index in [2.05, 4.69) is 11.9 Å². The molecule has 0 bridgehead atoms.